The average Bonchev–Trinajstić information content (AvgIpc) is 2.63. The second-order valence-electron chi connectivity index (χ2n) is 5.97. The molecule has 4 nitrogen and oxygen atoms in total. The van der Waals surface area contributed by atoms with Crippen LogP contribution in [0.5, 0.6) is 0 Å². The van der Waals surface area contributed by atoms with Crippen molar-refractivity contribution in [3.63, 3.8) is 0 Å². The zero-order chi connectivity index (χ0) is 12.4. The number of β-amino-alcohol motifs (C(OH)–C–C–N with tert-alkyl or cyclic N) is 1. The van der Waals surface area contributed by atoms with E-state index in [1.165, 1.54) is 6.42 Å². The maximum absolute atomic E-state index is 12.0. The van der Waals surface area contributed by atoms with Gasteiger partial charge in [0.2, 0.25) is 5.91 Å². The first-order valence-electron chi connectivity index (χ1n) is 6.76. The van der Waals surface area contributed by atoms with Crippen LogP contribution < -0.4 is 10.6 Å². The van der Waals surface area contributed by atoms with Crippen molar-refractivity contribution in [2.24, 2.45) is 11.8 Å². The second kappa shape index (κ2) is 5.36. The Balaban J connectivity index is 1.81. The van der Waals surface area contributed by atoms with Crippen LogP contribution in [0.1, 0.15) is 39.5 Å². The average molecular weight is 240 g/mol. The molecule has 1 heterocycles. The number of hydrogen-bond acceptors (Lipinski definition) is 3. The smallest absolute Gasteiger partial charge is 0.237 e. The Morgan fingerprint density at radius 1 is 1.18 bits per heavy atom. The molecule has 98 valence electrons. The molecule has 1 aliphatic carbocycles. The lowest BCUT2D eigenvalue weighted by atomic mass is 9.80. The van der Waals surface area contributed by atoms with Gasteiger partial charge in [-0.15, -0.1) is 0 Å². The SMILES string of the molecule is C[C@@H]1CC(NC(=O)[C@@H]2C[C@H](O)CN2)C[C@H](C)C1. The third kappa shape index (κ3) is 3.42. The van der Waals surface area contributed by atoms with Gasteiger partial charge in [-0.05, 0) is 37.5 Å². The lowest BCUT2D eigenvalue weighted by Gasteiger charge is -2.32. The Hall–Kier alpha value is -0.610. The van der Waals surface area contributed by atoms with Crippen LogP contribution in [-0.2, 0) is 4.79 Å². The quantitative estimate of drug-likeness (QED) is 0.664. The highest BCUT2D eigenvalue weighted by Gasteiger charge is 2.31. The molecule has 0 radical (unpaired) electrons. The van der Waals surface area contributed by atoms with Crippen molar-refractivity contribution in [3.05, 3.63) is 0 Å². The van der Waals surface area contributed by atoms with E-state index >= 15 is 0 Å². The summed E-state index contributed by atoms with van der Waals surface area (Å²) in [6.07, 6.45) is 3.63. The number of nitrogens with one attached hydrogen (secondary N) is 2. The highest BCUT2D eigenvalue weighted by atomic mass is 16.3. The summed E-state index contributed by atoms with van der Waals surface area (Å²) in [5.74, 6) is 1.46. The first-order valence-corrected chi connectivity index (χ1v) is 6.76. The molecule has 2 fully saturated rings. The van der Waals surface area contributed by atoms with Crippen molar-refractivity contribution in [2.45, 2.75) is 57.7 Å². The predicted molar refractivity (Wildman–Crippen MR) is 66.5 cm³/mol. The molecule has 1 saturated heterocycles. The van der Waals surface area contributed by atoms with E-state index in [1.807, 2.05) is 0 Å². The van der Waals surface area contributed by atoms with Gasteiger partial charge in [0.1, 0.15) is 0 Å². The Bertz CT molecular complexity index is 273. The number of carbonyl (C=O) groups is 1. The summed E-state index contributed by atoms with van der Waals surface area (Å²) in [7, 11) is 0. The summed E-state index contributed by atoms with van der Waals surface area (Å²) in [5.41, 5.74) is 0. The summed E-state index contributed by atoms with van der Waals surface area (Å²) in [5, 5.41) is 15.6. The van der Waals surface area contributed by atoms with Gasteiger partial charge in [-0.25, -0.2) is 0 Å². The van der Waals surface area contributed by atoms with E-state index in [-0.39, 0.29) is 18.1 Å². The standard InChI is InChI=1S/C13H24N2O2/c1-8-3-9(2)5-10(4-8)15-13(17)12-6-11(16)7-14-12/h8-12,14,16H,3-7H2,1-2H3,(H,15,17)/t8-,9+,10?,11-,12-/m0/s1. The lowest BCUT2D eigenvalue weighted by molar-refractivity contribution is -0.124. The largest absolute Gasteiger partial charge is 0.392 e. The van der Waals surface area contributed by atoms with Crippen molar-refractivity contribution in [1.29, 1.82) is 0 Å². The highest BCUT2D eigenvalue weighted by molar-refractivity contribution is 5.82. The Morgan fingerprint density at radius 2 is 1.82 bits per heavy atom. The molecule has 4 heteroatoms. The van der Waals surface area contributed by atoms with E-state index in [4.69, 9.17) is 0 Å². The van der Waals surface area contributed by atoms with Crippen LogP contribution in [0.4, 0.5) is 0 Å². The lowest BCUT2D eigenvalue weighted by Crippen LogP contribution is -2.47. The van der Waals surface area contributed by atoms with Crippen LogP contribution in [0, 0.1) is 11.8 Å². The van der Waals surface area contributed by atoms with Gasteiger partial charge in [-0.3, -0.25) is 4.79 Å². The minimum Gasteiger partial charge on any atom is -0.392 e. The molecule has 1 unspecified atom stereocenters. The molecule has 2 aliphatic rings. The summed E-state index contributed by atoms with van der Waals surface area (Å²) < 4.78 is 0. The third-order valence-electron chi connectivity index (χ3n) is 3.95. The summed E-state index contributed by atoms with van der Waals surface area (Å²) in [6, 6.07) is 0.123. The molecule has 0 aromatic heterocycles. The zero-order valence-electron chi connectivity index (χ0n) is 10.8. The Labute approximate surface area is 103 Å². The second-order valence-corrected chi connectivity index (χ2v) is 5.97. The summed E-state index contributed by atoms with van der Waals surface area (Å²) in [4.78, 5) is 12.0. The molecule has 0 aromatic carbocycles. The molecule has 5 atom stereocenters. The van der Waals surface area contributed by atoms with Crippen LogP contribution >= 0.6 is 0 Å². The van der Waals surface area contributed by atoms with Crippen molar-refractivity contribution in [3.8, 4) is 0 Å². The molecule has 1 saturated carbocycles. The molecule has 1 amide bonds. The van der Waals surface area contributed by atoms with Crippen LogP contribution in [0.25, 0.3) is 0 Å². The van der Waals surface area contributed by atoms with E-state index in [2.05, 4.69) is 24.5 Å². The summed E-state index contributed by atoms with van der Waals surface area (Å²) in [6.45, 7) is 5.05. The van der Waals surface area contributed by atoms with E-state index in [0.717, 1.165) is 12.8 Å². The zero-order valence-corrected chi connectivity index (χ0v) is 10.8. The van der Waals surface area contributed by atoms with Gasteiger partial charge < -0.3 is 15.7 Å². The first kappa shape index (κ1) is 12.8. The summed E-state index contributed by atoms with van der Waals surface area (Å²) >= 11 is 0. The van der Waals surface area contributed by atoms with Gasteiger partial charge in [0.25, 0.3) is 0 Å². The monoisotopic (exact) mass is 240 g/mol. The number of amides is 1. The van der Waals surface area contributed by atoms with Crippen molar-refractivity contribution in [2.75, 3.05) is 6.54 Å². The van der Waals surface area contributed by atoms with Gasteiger partial charge >= 0.3 is 0 Å². The fourth-order valence-corrected chi connectivity index (χ4v) is 3.28. The normalized spacial score (nSPS) is 42.4. The first-order chi connectivity index (χ1) is 8.04. The van der Waals surface area contributed by atoms with Crippen molar-refractivity contribution < 1.29 is 9.90 Å². The molecule has 1 aliphatic heterocycles. The van der Waals surface area contributed by atoms with Crippen molar-refractivity contribution in [1.82, 2.24) is 10.6 Å². The minimum absolute atomic E-state index is 0.0628. The predicted octanol–water partition coefficient (Wildman–Crippen LogP) is 0.650. The molecular formula is C13H24N2O2. The molecule has 2 rings (SSSR count). The number of aliphatic hydroxyl groups excluding tert-OH is 1. The van der Waals surface area contributed by atoms with Crippen molar-refractivity contribution >= 4 is 5.91 Å². The van der Waals surface area contributed by atoms with Crippen LogP contribution in [-0.4, -0.2) is 35.7 Å². The van der Waals surface area contributed by atoms with E-state index in [0.29, 0.717) is 30.8 Å². The van der Waals surface area contributed by atoms with E-state index in [1.54, 1.807) is 0 Å². The van der Waals surface area contributed by atoms with Gasteiger partial charge in [0.05, 0.1) is 12.1 Å². The molecular weight excluding hydrogens is 216 g/mol. The highest BCUT2D eigenvalue weighted by Crippen LogP contribution is 2.28. The Kier molecular flexibility index (Phi) is 4.05. The third-order valence-corrected chi connectivity index (χ3v) is 3.95. The van der Waals surface area contributed by atoms with Gasteiger partial charge in [0, 0.05) is 12.6 Å². The minimum atomic E-state index is -0.366. The number of carbonyl (C=O) groups excluding carboxylic acids is 1. The van der Waals surface area contributed by atoms with Gasteiger partial charge in [0.15, 0.2) is 0 Å². The molecule has 0 aromatic rings. The molecule has 17 heavy (non-hydrogen) atoms. The van der Waals surface area contributed by atoms with Gasteiger partial charge in [-0.1, -0.05) is 13.8 Å². The molecule has 3 N–H and O–H groups in total. The number of aliphatic hydroxyl groups is 1. The molecule has 0 bridgehead atoms. The Morgan fingerprint density at radius 3 is 2.35 bits per heavy atom. The maximum Gasteiger partial charge on any atom is 0.237 e. The molecule has 0 spiro atoms. The van der Waals surface area contributed by atoms with E-state index in [9.17, 15) is 9.90 Å². The fraction of sp³-hybridized carbons (Fsp3) is 0.923. The fourth-order valence-electron chi connectivity index (χ4n) is 3.28. The van der Waals surface area contributed by atoms with Gasteiger partial charge in [-0.2, -0.15) is 0 Å². The number of rotatable bonds is 2. The van der Waals surface area contributed by atoms with E-state index < -0.39 is 0 Å². The number of hydrogen-bond donors (Lipinski definition) is 3. The van der Waals surface area contributed by atoms with Crippen LogP contribution in [0.2, 0.25) is 0 Å². The van der Waals surface area contributed by atoms with Crippen LogP contribution in [0.15, 0.2) is 0 Å². The van der Waals surface area contributed by atoms with Crippen LogP contribution in [0.3, 0.4) is 0 Å². The maximum atomic E-state index is 12.0. The topological polar surface area (TPSA) is 61.4 Å².